The third-order valence-corrected chi connectivity index (χ3v) is 6.71. The summed E-state index contributed by atoms with van der Waals surface area (Å²) >= 11 is 0. The van der Waals surface area contributed by atoms with Crippen LogP contribution in [0.4, 0.5) is 16.3 Å². The van der Waals surface area contributed by atoms with Crippen molar-refractivity contribution in [2.45, 2.75) is 38.4 Å². The molecule has 3 N–H and O–H groups in total. The molecule has 0 spiro atoms. The van der Waals surface area contributed by atoms with Gasteiger partial charge in [-0.15, -0.1) is 0 Å². The molecule has 1 fully saturated rings. The number of benzene rings is 2. The maximum absolute atomic E-state index is 12.7. The number of quaternary nitrogens is 1. The zero-order chi connectivity index (χ0) is 26.3. The maximum Gasteiger partial charge on any atom is 0.411 e. The van der Waals surface area contributed by atoms with Crippen LogP contribution in [-0.2, 0) is 22.6 Å². The second-order valence-corrected chi connectivity index (χ2v) is 10.1. The van der Waals surface area contributed by atoms with Gasteiger partial charge in [-0.25, -0.2) is 9.78 Å². The Hall–Kier alpha value is -3.75. The highest BCUT2D eigenvalue weighted by molar-refractivity contribution is 5.92. The number of hydrogen-bond acceptors (Lipinski definition) is 5. The lowest BCUT2D eigenvalue weighted by Crippen LogP contribution is -2.48. The van der Waals surface area contributed by atoms with E-state index in [4.69, 9.17) is 9.84 Å². The molecule has 1 aliphatic heterocycles. The van der Waals surface area contributed by atoms with Crippen LogP contribution >= 0.6 is 0 Å². The number of aromatic nitrogens is 1. The average Bonchev–Trinajstić information content (AvgIpc) is 2.90. The van der Waals surface area contributed by atoms with Crippen molar-refractivity contribution in [2.24, 2.45) is 0 Å². The molecule has 1 aliphatic rings. The predicted molar refractivity (Wildman–Crippen MR) is 144 cm³/mol. The fraction of sp³-hybridized carbons (Fsp3) is 0.345. The van der Waals surface area contributed by atoms with Gasteiger partial charge in [0.15, 0.2) is 0 Å². The van der Waals surface area contributed by atoms with Gasteiger partial charge in [-0.1, -0.05) is 42.5 Å². The first-order valence-electron chi connectivity index (χ1n) is 12.6. The molecule has 1 saturated heterocycles. The van der Waals surface area contributed by atoms with E-state index in [1.54, 1.807) is 12.1 Å². The van der Waals surface area contributed by atoms with Crippen LogP contribution in [0.1, 0.15) is 30.4 Å². The van der Waals surface area contributed by atoms with Crippen LogP contribution in [0, 0.1) is 0 Å². The van der Waals surface area contributed by atoms with Crippen LogP contribution in [-0.4, -0.2) is 59.9 Å². The van der Waals surface area contributed by atoms with Crippen LogP contribution in [0.2, 0.25) is 0 Å². The van der Waals surface area contributed by atoms with Crippen molar-refractivity contribution < 1.29 is 23.9 Å². The number of carbonyl (C=O) groups excluding carboxylic acids is 2. The van der Waals surface area contributed by atoms with E-state index >= 15 is 0 Å². The van der Waals surface area contributed by atoms with Crippen LogP contribution in [0.15, 0.2) is 66.9 Å². The van der Waals surface area contributed by atoms with Crippen molar-refractivity contribution in [1.82, 2.24) is 4.98 Å². The van der Waals surface area contributed by atoms with Crippen molar-refractivity contribution in [3.63, 3.8) is 0 Å². The smallest absolute Gasteiger partial charge is 0.411 e. The molecule has 2 aromatic carbocycles. The molecule has 8 nitrogen and oxygen atoms in total. The van der Waals surface area contributed by atoms with Gasteiger partial charge in [0.1, 0.15) is 11.9 Å². The Labute approximate surface area is 217 Å². The highest BCUT2D eigenvalue weighted by Gasteiger charge is 2.28. The second kappa shape index (κ2) is 12.0. The Bertz CT molecular complexity index is 1200. The lowest BCUT2D eigenvalue weighted by molar-refractivity contribution is -0.896. The van der Waals surface area contributed by atoms with Gasteiger partial charge in [0, 0.05) is 31.0 Å². The fourth-order valence-corrected chi connectivity index (χ4v) is 4.42. The number of aliphatic hydroxyl groups excluding tert-OH is 1. The molecule has 0 aliphatic carbocycles. The number of rotatable bonds is 8. The molecule has 37 heavy (non-hydrogen) atoms. The van der Waals surface area contributed by atoms with E-state index < -0.39 is 6.09 Å². The zero-order valence-corrected chi connectivity index (χ0v) is 21.4. The highest BCUT2D eigenvalue weighted by Crippen LogP contribution is 2.30. The van der Waals surface area contributed by atoms with Gasteiger partial charge in [0.05, 0.1) is 39.5 Å². The first-order chi connectivity index (χ1) is 17.8. The number of amides is 2. The average molecular weight is 504 g/mol. The quantitative estimate of drug-likeness (QED) is 0.390. The molecule has 2 amide bonds. The number of hydrogen-bond donors (Lipinski definition) is 3. The normalized spacial score (nSPS) is 15.1. The molecular weight excluding hydrogens is 468 g/mol. The van der Waals surface area contributed by atoms with Gasteiger partial charge in [-0.3, -0.25) is 10.1 Å². The number of anilines is 2. The van der Waals surface area contributed by atoms with E-state index in [2.05, 4.69) is 29.7 Å². The number of pyridine rings is 1. The molecule has 1 aromatic heterocycles. The molecule has 2 heterocycles. The summed E-state index contributed by atoms with van der Waals surface area (Å²) in [4.78, 5) is 29.3. The lowest BCUT2D eigenvalue weighted by atomic mass is 9.99. The molecule has 0 bridgehead atoms. The molecule has 0 unspecified atom stereocenters. The largest absolute Gasteiger partial charge is 0.446 e. The van der Waals surface area contributed by atoms with Gasteiger partial charge >= 0.3 is 6.09 Å². The number of aryl methyl sites for hydroxylation is 1. The molecule has 4 rings (SSSR count). The first-order valence-corrected chi connectivity index (χ1v) is 12.6. The van der Waals surface area contributed by atoms with E-state index in [-0.39, 0.29) is 25.0 Å². The Balaban J connectivity index is 1.41. The molecule has 0 radical (unpaired) electrons. The fourth-order valence-electron chi connectivity index (χ4n) is 4.42. The van der Waals surface area contributed by atoms with Crippen LogP contribution in [0.3, 0.4) is 0 Å². The molecule has 0 saturated carbocycles. The Morgan fingerprint density at radius 2 is 1.73 bits per heavy atom. The summed E-state index contributed by atoms with van der Waals surface area (Å²) < 4.78 is 6.68. The van der Waals surface area contributed by atoms with Crippen LogP contribution < -0.4 is 10.6 Å². The van der Waals surface area contributed by atoms with Gasteiger partial charge < -0.3 is 19.6 Å². The van der Waals surface area contributed by atoms with Crippen molar-refractivity contribution in [3.05, 3.63) is 78.0 Å². The van der Waals surface area contributed by atoms with Crippen molar-refractivity contribution in [2.75, 3.05) is 37.8 Å². The maximum atomic E-state index is 12.7. The standard InChI is InChI=1S/C29H34N4O4/c1-33(2)16-14-24(15-17-33)37-29(36)31-26-11-8-21(18-25(26)23-6-4-3-5-7-23)10-13-28(35)32-27-12-9-22(20-34)19-30-27/h3-9,11-12,18-19,24,34H,10,13-17,20H2,1-2H3,(H-,30,31,32,35,36)/p+1. The minimum atomic E-state index is -0.443. The monoisotopic (exact) mass is 503 g/mol. The summed E-state index contributed by atoms with van der Waals surface area (Å²) in [6.45, 7) is 1.88. The zero-order valence-electron chi connectivity index (χ0n) is 21.4. The minimum absolute atomic E-state index is 0.0709. The summed E-state index contributed by atoms with van der Waals surface area (Å²) in [7, 11) is 4.39. The Morgan fingerprint density at radius 1 is 1.00 bits per heavy atom. The van der Waals surface area contributed by atoms with Crippen LogP contribution in [0.25, 0.3) is 11.1 Å². The van der Waals surface area contributed by atoms with Gasteiger partial charge in [-0.05, 0) is 41.3 Å². The highest BCUT2D eigenvalue weighted by atomic mass is 16.6. The van der Waals surface area contributed by atoms with Gasteiger partial charge in [0.2, 0.25) is 5.91 Å². The van der Waals surface area contributed by atoms with Crippen molar-refractivity contribution >= 4 is 23.5 Å². The molecule has 0 atom stereocenters. The van der Waals surface area contributed by atoms with E-state index in [0.29, 0.717) is 23.5 Å². The van der Waals surface area contributed by atoms with E-state index in [0.717, 1.165) is 47.1 Å². The topological polar surface area (TPSA) is 101 Å². The van der Waals surface area contributed by atoms with Crippen molar-refractivity contribution in [1.29, 1.82) is 0 Å². The number of nitrogens with one attached hydrogen (secondary N) is 2. The molecule has 8 heteroatoms. The number of piperidine rings is 1. The summed E-state index contributed by atoms with van der Waals surface area (Å²) in [5, 5.41) is 14.9. The van der Waals surface area contributed by atoms with Gasteiger partial charge in [0.25, 0.3) is 0 Å². The summed E-state index contributed by atoms with van der Waals surface area (Å²) in [6.07, 6.45) is 3.54. The Kier molecular flexibility index (Phi) is 8.53. The third kappa shape index (κ3) is 7.62. The van der Waals surface area contributed by atoms with E-state index in [1.807, 2.05) is 48.5 Å². The second-order valence-electron chi connectivity index (χ2n) is 10.1. The summed E-state index contributed by atoms with van der Waals surface area (Å²) in [6, 6.07) is 19.0. The minimum Gasteiger partial charge on any atom is -0.446 e. The van der Waals surface area contributed by atoms with Gasteiger partial charge in [-0.2, -0.15) is 0 Å². The number of carbonyl (C=O) groups is 2. The molecular formula is C29H35N4O4+. The SMILES string of the molecule is C[N+]1(C)CCC(OC(=O)Nc2ccc(CCC(=O)Nc3ccc(CO)cn3)cc2-c2ccccc2)CC1. The predicted octanol–water partition coefficient (Wildman–Crippen LogP) is 4.60. The third-order valence-electron chi connectivity index (χ3n) is 6.71. The van der Waals surface area contributed by atoms with Crippen molar-refractivity contribution in [3.8, 4) is 11.1 Å². The van der Waals surface area contributed by atoms with Crippen LogP contribution in [0.5, 0.6) is 0 Å². The molecule has 194 valence electrons. The summed E-state index contributed by atoms with van der Waals surface area (Å²) in [5.74, 6) is 0.302. The summed E-state index contributed by atoms with van der Waals surface area (Å²) in [5.41, 5.74) is 4.17. The number of aliphatic hydroxyl groups is 1. The number of nitrogens with zero attached hydrogens (tertiary/aromatic N) is 2. The van der Waals surface area contributed by atoms with E-state index in [9.17, 15) is 9.59 Å². The first kappa shape index (κ1) is 26.3. The van der Waals surface area contributed by atoms with E-state index in [1.165, 1.54) is 6.20 Å². The lowest BCUT2D eigenvalue weighted by Gasteiger charge is -2.36. The Morgan fingerprint density at radius 3 is 2.41 bits per heavy atom. The number of ether oxygens (including phenoxy) is 1. The number of likely N-dealkylation sites (tertiary alicyclic amines) is 1. The molecule has 3 aromatic rings.